The predicted molar refractivity (Wildman–Crippen MR) is 128 cm³/mol. The van der Waals surface area contributed by atoms with Gasteiger partial charge in [-0.05, 0) is 73.5 Å². The average Bonchev–Trinajstić information content (AvgIpc) is 3.11. The smallest absolute Gasteiger partial charge is 0.311 e. The Hall–Kier alpha value is -4.73. The molecule has 1 aliphatic rings. The maximum Gasteiger partial charge on any atom is 0.311 e. The van der Waals surface area contributed by atoms with Crippen molar-refractivity contribution in [3.05, 3.63) is 98.9 Å². The van der Waals surface area contributed by atoms with E-state index >= 15 is 0 Å². The van der Waals surface area contributed by atoms with Crippen LogP contribution in [-0.2, 0) is 9.59 Å². The Labute approximate surface area is 204 Å². The van der Waals surface area contributed by atoms with Crippen LogP contribution < -0.4 is 9.64 Å². The van der Waals surface area contributed by atoms with Gasteiger partial charge in [-0.25, -0.2) is 4.39 Å². The summed E-state index contributed by atoms with van der Waals surface area (Å²) in [7, 11) is 0. The summed E-state index contributed by atoms with van der Waals surface area (Å²) in [6.07, 6.45) is 0. The molecule has 0 aliphatic carbocycles. The summed E-state index contributed by atoms with van der Waals surface area (Å²) < 4.78 is 19.1. The lowest BCUT2D eigenvalue weighted by atomic mass is 9.94. The van der Waals surface area contributed by atoms with Gasteiger partial charge in [-0.2, -0.15) is 0 Å². The lowest BCUT2D eigenvalue weighted by Crippen LogP contribution is -2.29. The lowest BCUT2D eigenvalue weighted by Gasteiger charge is -2.25. The topological polar surface area (TPSA) is 130 Å². The summed E-state index contributed by atoms with van der Waals surface area (Å²) in [6.45, 7) is 4.00. The molecule has 4 rings (SSSR count). The average molecular weight is 492 g/mol. The zero-order chi connectivity index (χ0) is 26.1. The monoisotopic (exact) mass is 492 g/mol. The van der Waals surface area contributed by atoms with Crippen molar-refractivity contribution in [1.82, 2.24) is 0 Å². The van der Waals surface area contributed by atoms with Gasteiger partial charge in [0.2, 0.25) is 0 Å². The van der Waals surface area contributed by atoms with Gasteiger partial charge in [0.1, 0.15) is 17.3 Å². The quantitative estimate of drug-likeness (QED) is 0.167. The molecule has 1 atom stereocenters. The van der Waals surface area contributed by atoms with E-state index in [1.807, 2.05) is 6.92 Å². The molecule has 0 radical (unpaired) electrons. The fourth-order valence-electron chi connectivity index (χ4n) is 4.14. The van der Waals surface area contributed by atoms with Crippen LogP contribution in [0.1, 0.15) is 29.7 Å². The summed E-state index contributed by atoms with van der Waals surface area (Å²) in [6, 6.07) is 11.6. The van der Waals surface area contributed by atoms with Gasteiger partial charge < -0.3 is 14.9 Å². The molecule has 0 aromatic heterocycles. The Morgan fingerprint density at radius 2 is 1.81 bits per heavy atom. The highest BCUT2D eigenvalue weighted by Crippen LogP contribution is 2.44. The highest BCUT2D eigenvalue weighted by atomic mass is 19.1. The molecule has 9 nitrogen and oxygen atoms in total. The molecule has 1 aliphatic heterocycles. The van der Waals surface area contributed by atoms with Crippen LogP contribution >= 0.6 is 0 Å². The van der Waals surface area contributed by atoms with Crippen LogP contribution in [0, 0.1) is 22.9 Å². The first kappa shape index (κ1) is 24.4. The highest BCUT2D eigenvalue weighted by Gasteiger charge is 2.47. The summed E-state index contributed by atoms with van der Waals surface area (Å²) in [4.78, 5) is 38.0. The molecule has 10 heteroatoms. The number of ketones is 1. The summed E-state index contributed by atoms with van der Waals surface area (Å²) in [5, 5.41) is 32.6. The molecule has 1 unspecified atom stereocenters. The fourth-order valence-corrected chi connectivity index (χ4v) is 4.14. The van der Waals surface area contributed by atoms with E-state index in [4.69, 9.17) is 4.74 Å². The lowest BCUT2D eigenvalue weighted by molar-refractivity contribution is -0.385. The van der Waals surface area contributed by atoms with Crippen molar-refractivity contribution in [2.24, 2.45) is 0 Å². The molecule has 184 valence electrons. The minimum atomic E-state index is -1.29. The van der Waals surface area contributed by atoms with E-state index < -0.39 is 45.7 Å². The molecule has 3 aromatic carbocycles. The van der Waals surface area contributed by atoms with Gasteiger partial charge in [0.15, 0.2) is 5.75 Å². The molecular formula is C26H21FN2O7. The molecule has 0 saturated carbocycles. The van der Waals surface area contributed by atoms with Crippen LogP contribution in [0.25, 0.3) is 5.76 Å². The number of aromatic hydroxyl groups is 1. The number of nitrogens with zero attached hydrogens (tertiary/aromatic N) is 2. The number of nitro groups is 1. The first-order valence-electron chi connectivity index (χ1n) is 10.9. The van der Waals surface area contributed by atoms with Crippen LogP contribution in [0.3, 0.4) is 0 Å². The number of phenols is 1. The third-order valence-electron chi connectivity index (χ3n) is 5.81. The number of carbonyl (C=O) groups is 2. The van der Waals surface area contributed by atoms with E-state index in [9.17, 15) is 34.3 Å². The number of halogens is 1. The minimum Gasteiger partial charge on any atom is -0.507 e. The number of nitro benzene ring substituents is 1. The SMILES string of the molecule is CCOc1ccc(/C(O)=C2/C(=O)C(=O)N(c3ccc(F)cc3)C2c2ccc(O)c([N+](=O)[O-])c2)cc1C. The second-order valence-electron chi connectivity index (χ2n) is 8.06. The van der Waals surface area contributed by atoms with Gasteiger partial charge >= 0.3 is 5.69 Å². The number of aryl methyl sites for hydroxylation is 1. The van der Waals surface area contributed by atoms with Crippen LogP contribution in [0.2, 0.25) is 0 Å². The number of ether oxygens (including phenoxy) is 1. The second kappa shape index (κ2) is 9.49. The summed E-state index contributed by atoms with van der Waals surface area (Å²) >= 11 is 0. The number of aliphatic hydroxyl groups is 1. The van der Waals surface area contributed by atoms with Gasteiger partial charge in [-0.3, -0.25) is 24.6 Å². The van der Waals surface area contributed by atoms with E-state index in [0.717, 1.165) is 29.2 Å². The number of hydrogen-bond acceptors (Lipinski definition) is 7. The van der Waals surface area contributed by atoms with E-state index in [1.54, 1.807) is 19.1 Å². The molecule has 0 spiro atoms. The zero-order valence-electron chi connectivity index (χ0n) is 19.3. The first-order valence-corrected chi connectivity index (χ1v) is 10.9. The van der Waals surface area contributed by atoms with Crippen LogP contribution in [0.15, 0.2) is 66.2 Å². The van der Waals surface area contributed by atoms with Crippen molar-refractivity contribution >= 4 is 28.8 Å². The normalized spacial score (nSPS) is 16.9. The number of anilines is 1. The molecule has 36 heavy (non-hydrogen) atoms. The second-order valence-corrected chi connectivity index (χ2v) is 8.06. The van der Waals surface area contributed by atoms with E-state index in [1.165, 1.54) is 24.3 Å². The van der Waals surface area contributed by atoms with Crippen molar-refractivity contribution in [2.75, 3.05) is 11.5 Å². The van der Waals surface area contributed by atoms with Crippen molar-refractivity contribution in [1.29, 1.82) is 0 Å². The molecule has 1 amide bonds. The predicted octanol–water partition coefficient (Wildman–Crippen LogP) is 4.77. The Morgan fingerprint density at radius 1 is 1.11 bits per heavy atom. The number of phenolic OH excluding ortho intramolecular Hbond substituents is 1. The maximum atomic E-state index is 13.6. The van der Waals surface area contributed by atoms with Crippen molar-refractivity contribution in [3.63, 3.8) is 0 Å². The maximum absolute atomic E-state index is 13.6. The molecule has 3 aromatic rings. The molecule has 2 N–H and O–H groups in total. The van der Waals surface area contributed by atoms with Gasteiger partial charge in [0.05, 0.1) is 23.1 Å². The Kier molecular flexibility index (Phi) is 6.43. The summed E-state index contributed by atoms with van der Waals surface area (Å²) in [5.74, 6) is -3.13. The van der Waals surface area contributed by atoms with Gasteiger partial charge in [-0.15, -0.1) is 0 Å². The molecule has 1 heterocycles. The highest BCUT2D eigenvalue weighted by molar-refractivity contribution is 6.51. The van der Waals surface area contributed by atoms with Gasteiger partial charge in [0, 0.05) is 17.3 Å². The molecule has 0 bridgehead atoms. The van der Waals surface area contributed by atoms with E-state index in [-0.39, 0.29) is 22.4 Å². The number of hydrogen-bond donors (Lipinski definition) is 2. The van der Waals surface area contributed by atoms with Crippen molar-refractivity contribution in [3.8, 4) is 11.5 Å². The number of Topliss-reactive ketones (excluding diaryl/α,β-unsaturated/α-hetero) is 1. The number of rotatable bonds is 6. The Morgan fingerprint density at radius 3 is 2.42 bits per heavy atom. The standard InChI is InChI=1S/C26H21FN2O7/c1-3-36-21-11-5-16(12-14(21)2)24(31)22-23(15-4-10-20(30)19(13-15)29(34)35)28(26(33)25(22)32)18-8-6-17(27)7-9-18/h4-13,23,30-31H,3H2,1-2H3/b24-22-. The van der Waals surface area contributed by atoms with E-state index in [2.05, 4.69) is 0 Å². The van der Waals surface area contributed by atoms with Crippen LogP contribution in [-0.4, -0.2) is 33.4 Å². The fraction of sp³-hybridized carbons (Fsp3) is 0.154. The first-order chi connectivity index (χ1) is 17.1. The third kappa shape index (κ3) is 4.24. The van der Waals surface area contributed by atoms with Gasteiger partial charge in [-0.1, -0.05) is 6.07 Å². The molecular weight excluding hydrogens is 471 g/mol. The molecule has 1 fully saturated rings. The van der Waals surface area contributed by atoms with Crippen molar-refractivity contribution < 1.29 is 33.9 Å². The Bertz CT molecular complexity index is 1420. The number of aliphatic hydroxyl groups excluding tert-OH is 1. The largest absolute Gasteiger partial charge is 0.507 e. The number of carbonyl (C=O) groups excluding carboxylic acids is 2. The minimum absolute atomic E-state index is 0.0900. The number of amides is 1. The Balaban J connectivity index is 1.95. The summed E-state index contributed by atoms with van der Waals surface area (Å²) in [5.41, 5.74) is 0.173. The van der Waals surface area contributed by atoms with E-state index in [0.29, 0.717) is 17.9 Å². The van der Waals surface area contributed by atoms with Gasteiger partial charge in [0.25, 0.3) is 11.7 Å². The van der Waals surface area contributed by atoms with Crippen LogP contribution in [0.5, 0.6) is 11.5 Å². The number of benzene rings is 3. The zero-order valence-corrected chi connectivity index (χ0v) is 19.3. The third-order valence-corrected chi connectivity index (χ3v) is 5.81. The van der Waals surface area contributed by atoms with Crippen molar-refractivity contribution in [2.45, 2.75) is 19.9 Å². The molecule has 1 saturated heterocycles. The van der Waals surface area contributed by atoms with Crippen LogP contribution in [0.4, 0.5) is 15.8 Å².